The number of likely N-dealkylation sites (N-methyl/N-ethyl adjacent to an activating group) is 1. The highest BCUT2D eigenvalue weighted by Gasteiger charge is 2.40. The van der Waals surface area contributed by atoms with Crippen LogP contribution in [0.25, 0.3) is 11.2 Å². The van der Waals surface area contributed by atoms with Gasteiger partial charge in [0.1, 0.15) is 11.3 Å². The standard InChI is InChI=1S/C22H33N11O2/c1-22(34)13-31(6-4-15(22)33-14-26-17-18(23)28-20(24)29-19(17)33)8-7-30(2)21-25-5-3-16(27-21)32-9-11-35-12-10-32/h3,5,14-15,34H,4,6-13H2,1-2H3,(H4,23,24,28,29)/t15-,22-/m1/s1. The minimum atomic E-state index is -0.994. The van der Waals surface area contributed by atoms with Crippen LogP contribution in [0.5, 0.6) is 0 Å². The van der Waals surface area contributed by atoms with Crippen molar-refractivity contribution in [1.29, 1.82) is 0 Å². The molecule has 0 radical (unpaired) electrons. The van der Waals surface area contributed by atoms with Gasteiger partial charge in [0.25, 0.3) is 0 Å². The number of aromatic nitrogens is 6. The molecule has 2 atom stereocenters. The Kier molecular flexibility index (Phi) is 6.30. The second kappa shape index (κ2) is 9.40. The number of hydrogen-bond donors (Lipinski definition) is 3. The highest BCUT2D eigenvalue weighted by molar-refractivity contribution is 5.82. The van der Waals surface area contributed by atoms with Gasteiger partial charge in [0, 0.05) is 52.5 Å². The first-order valence-corrected chi connectivity index (χ1v) is 11.9. The molecule has 2 fully saturated rings. The molecule has 2 aliphatic heterocycles. The van der Waals surface area contributed by atoms with Crippen molar-refractivity contribution in [3.8, 4) is 0 Å². The summed E-state index contributed by atoms with van der Waals surface area (Å²) < 4.78 is 7.31. The maximum absolute atomic E-state index is 11.4. The number of nitrogens with two attached hydrogens (primary N) is 2. The van der Waals surface area contributed by atoms with E-state index in [1.165, 1.54) is 0 Å². The molecule has 3 aromatic rings. The van der Waals surface area contributed by atoms with Crippen molar-refractivity contribution in [3.63, 3.8) is 0 Å². The Morgan fingerprint density at radius 3 is 2.74 bits per heavy atom. The van der Waals surface area contributed by atoms with Crippen molar-refractivity contribution in [2.24, 2.45) is 0 Å². The van der Waals surface area contributed by atoms with Crippen molar-refractivity contribution in [2.45, 2.75) is 25.0 Å². The van der Waals surface area contributed by atoms with Crippen LogP contribution in [0.4, 0.5) is 23.5 Å². The fourth-order valence-corrected chi connectivity index (χ4v) is 4.95. The van der Waals surface area contributed by atoms with Crippen LogP contribution in [0, 0.1) is 0 Å². The SMILES string of the molecule is CN(CCN1CC[C@@H](n2cnc3c(N)nc(N)nc32)[C@](C)(O)C1)c1nccc(N2CCOCC2)n1. The van der Waals surface area contributed by atoms with E-state index in [1.807, 2.05) is 24.6 Å². The number of likely N-dealkylation sites (tertiary alicyclic amines) is 1. The Hall–Kier alpha value is -3.29. The number of piperidine rings is 1. The van der Waals surface area contributed by atoms with Gasteiger partial charge in [-0.3, -0.25) is 4.90 Å². The number of ether oxygens (including phenoxy) is 1. The van der Waals surface area contributed by atoms with E-state index in [4.69, 9.17) is 21.2 Å². The summed E-state index contributed by atoms with van der Waals surface area (Å²) in [6.45, 7) is 7.79. The first kappa shape index (κ1) is 23.5. The molecule has 0 unspecified atom stereocenters. The van der Waals surface area contributed by atoms with Crippen LogP contribution in [0.15, 0.2) is 18.6 Å². The molecule has 35 heavy (non-hydrogen) atoms. The topological polar surface area (TPSA) is 161 Å². The molecule has 3 aromatic heterocycles. The first-order valence-electron chi connectivity index (χ1n) is 11.9. The fraction of sp³-hybridized carbons (Fsp3) is 0.591. The average molecular weight is 484 g/mol. The zero-order valence-corrected chi connectivity index (χ0v) is 20.2. The quantitative estimate of drug-likeness (QED) is 0.422. The zero-order valence-electron chi connectivity index (χ0n) is 20.2. The van der Waals surface area contributed by atoms with E-state index in [0.717, 1.165) is 45.0 Å². The largest absolute Gasteiger partial charge is 0.387 e. The Morgan fingerprint density at radius 1 is 1.17 bits per heavy atom. The monoisotopic (exact) mass is 483 g/mol. The lowest BCUT2D eigenvalue weighted by atomic mass is 9.89. The van der Waals surface area contributed by atoms with E-state index < -0.39 is 5.60 Å². The Balaban J connectivity index is 1.22. The van der Waals surface area contributed by atoms with Crippen molar-refractivity contribution < 1.29 is 9.84 Å². The number of fused-ring (bicyclic) bond motifs is 1. The highest BCUT2D eigenvalue weighted by Crippen LogP contribution is 2.34. The molecule has 0 spiro atoms. The minimum Gasteiger partial charge on any atom is -0.387 e. The summed E-state index contributed by atoms with van der Waals surface area (Å²) in [5.74, 6) is 1.95. The summed E-state index contributed by atoms with van der Waals surface area (Å²) in [5.41, 5.74) is 11.8. The number of β-amino-alcohol motifs (C(OH)–C–C–N with tert-alkyl or cyclic N) is 1. The third-order valence-corrected chi connectivity index (χ3v) is 6.84. The van der Waals surface area contributed by atoms with E-state index in [9.17, 15) is 5.11 Å². The van der Waals surface area contributed by atoms with Gasteiger partial charge in [-0.1, -0.05) is 0 Å². The molecule has 2 saturated heterocycles. The van der Waals surface area contributed by atoms with Gasteiger partial charge in [-0.15, -0.1) is 0 Å². The summed E-state index contributed by atoms with van der Waals surface area (Å²) >= 11 is 0. The lowest BCUT2D eigenvalue weighted by molar-refractivity contribution is -0.0547. The first-order chi connectivity index (χ1) is 16.8. The molecular weight excluding hydrogens is 450 g/mol. The van der Waals surface area contributed by atoms with Crippen LogP contribution in [-0.2, 0) is 4.74 Å². The minimum absolute atomic E-state index is 0.0942. The van der Waals surface area contributed by atoms with Gasteiger partial charge in [-0.2, -0.15) is 15.0 Å². The smallest absolute Gasteiger partial charge is 0.227 e. The summed E-state index contributed by atoms with van der Waals surface area (Å²) in [6, 6.07) is 1.74. The molecule has 5 N–H and O–H groups in total. The third-order valence-electron chi connectivity index (χ3n) is 6.84. The molecule has 13 nitrogen and oxygen atoms in total. The number of imidazole rings is 1. The number of rotatable bonds is 6. The van der Waals surface area contributed by atoms with Gasteiger partial charge in [-0.25, -0.2) is 9.97 Å². The predicted molar refractivity (Wildman–Crippen MR) is 133 cm³/mol. The summed E-state index contributed by atoms with van der Waals surface area (Å²) in [4.78, 5) is 28.4. The fourth-order valence-electron chi connectivity index (χ4n) is 4.95. The molecule has 0 amide bonds. The molecule has 0 aromatic carbocycles. The van der Waals surface area contributed by atoms with Gasteiger partial charge in [0.15, 0.2) is 11.5 Å². The number of anilines is 4. The summed E-state index contributed by atoms with van der Waals surface area (Å²) in [5, 5.41) is 11.4. The number of morpholine rings is 1. The highest BCUT2D eigenvalue weighted by atomic mass is 16.5. The van der Waals surface area contributed by atoms with Crippen LogP contribution in [0.3, 0.4) is 0 Å². The van der Waals surface area contributed by atoms with E-state index >= 15 is 0 Å². The Labute approximate surface area is 203 Å². The maximum Gasteiger partial charge on any atom is 0.227 e. The van der Waals surface area contributed by atoms with Crippen LogP contribution in [0.2, 0.25) is 0 Å². The molecule has 0 saturated carbocycles. The van der Waals surface area contributed by atoms with E-state index in [1.54, 1.807) is 12.5 Å². The molecule has 188 valence electrons. The van der Waals surface area contributed by atoms with Crippen LogP contribution in [-0.4, -0.2) is 105 Å². The van der Waals surface area contributed by atoms with Crippen LogP contribution < -0.4 is 21.3 Å². The van der Waals surface area contributed by atoms with Gasteiger partial charge in [0.2, 0.25) is 11.9 Å². The van der Waals surface area contributed by atoms with Gasteiger partial charge >= 0.3 is 0 Å². The molecule has 5 heterocycles. The van der Waals surface area contributed by atoms with E-state index in [2.05, 4.69) is 34.6 Å². The molecule has 0 bridgehead atoms. The Morgan fingerprint density at radius 2 is 1.97 bits per heavy atom. The second-order valence-electron chi connectivity index (χ2n) is 9.46. The Bertz CT molecular complexity index is 1180. The predicted octanol–water partition coefficient (Wildman–Crippen LogP) is -0.248. The molecular formula is C22H33N11O2. The number of nitrogens with zero attached hydrogens (tertiary/aromatic N) is 9. The van der Waals surface area contributed by atoms with Crippen molar-refractivity contribution in [1.82, 2.24) is 34.4 Å². The summed E-state index contributed by atoms with van der Waals surface area (Å²) in [7, 11) is 2.00. The lowest BCUT2D eigenvalue weighted by Gasteiger charge is -2.43. The van der Waals surface area contributed by atoms with Crippen molar-refractivity contribution >= 4 is 34.7 Å². The van der Waals surface area contributed by atoms with Crippen LogP contribution in [0.1, 0.15) is 19.4 Å². The van der Waals surface area contributed by atoms with Crippen molar-refractivity contribution in [2.75, 3.05) is 80.8 Å². The van der Waals surface area contributed by atoms with Crippen LogP contribution >= 0.6 is 0 Å². The van der Waals surface area contributed by atoms with Gasteiger partial charge in [0.05, 0.1) is 31.2 Å². The second-order valence-corrected chi connectivity index (χ2v) is 9.46. The van der Waals surface area contributed by atoms with E-state index in [0.29, 0.717) is 36.9 Å². The number of nitrogen functional groups attached to an aromatic ring is 2. The maximum atomic E-state index is 11.4. The molecule has 13 heteroatoms. The normalized spacial score (nSPS) is 23.6. The molecule has 0 aliphatic carbocycles. The molecule has 2 aliphatic rings. The van der Waals surface area contributed by atoms with Crippen molar-refractivity contribution in [3.05, 3.63) is 18.6 Å². The van der Waals surface area contributed by atoms with E-state index in [-0.39, 0.29) is 17.8 Å². The number of aliphatic hydroxyl groups is 1. The zero-order chi connectivity index (χ0) is 24.6. The average Bonchev–Trinajstić information content (AvgIpc) is 3.26. The summed E-state index contributed by atoms with van der Waals surface area (Å²) in [6.07, 6.45) is 4.20. The third kappa shape index (κ3) is 4.79. The van der Waals surface area contributed by atoms with Gasteiger partial charge < -0.3 is 35.7 Å². The number of hydrogen-bond acceptors (Lipinski definition) is 12. The molecule has 5 rings (SSSR count). The van der Waals surface area contributed by atoms with Gasteiger partial charge in [-0.05, 0) is 19.4 Å². The lowest BCUT2D eigenvalue weighted by Crippen LogP contribution is -2.53.